The highest BCUT2D eigenvalue weighted by Gasteiger charge is 2.07. The smallest absolute Gasteiger partial charge is 0.119 e. The van der Waals surface area contributed by atoms with E-state index in [1.165, 1.54) is 11.1 Å². The second-order valence-corrected chi connectivity index (χ2v) is 4.40. The number of rotatable bonds is 5. The summed E-state index contributed by atoms with van der Waals surface area (Å²) in [6.07, 6.45) is 1.86. The zero-order chi connectivity index (χ0) is 13.0. The number of hydrogen-bond acceptors (Lipinski definition) is 3. The fourth-order valence-electron chi connectivity index (χ4n) is 1.85. The van der Waals surface area contributed by atoms with Gasteiger partial charge in [-0.1, -0.05) is 12.1 Å². The molecular weight excluding hydrogens is 226 g/mol. The number of aromatic amines is 1. The second kappa shape index (κ2) is 5.69. The number of aryl methyl sites for hydroxylation is 1. The topological polar surface area (TPSA) is 49.9 Å². The Balaban J connectivity index is 1.99. The first kappa shape index (κ1) is 12.6. The van der Waals surface area contributed by atoms with Crippen molar-refractivity contribution in [2.24, 2.45) is 0 Å². The Bertz CT molecular complexity index is 507. The van der Waals surface area contributed by atoms with E-state index in [1.54, 1.807) is 7.11 Å². The lowest BCUT2D eigenvalue weighted by atomic mass is 10.1. The summed E-state index contributed by atoms with van der Waals surface area (Å²) in [6.45, 7) is 4.98. The van der Waals surface area contributed by atoms with Crippen molar-refractivity contribution in [2.75, 3.05) is 7.11 Å². The maximum Gasteiger partial charge on any atom is 0.119 e. The van der Waals surface area contributed by atoms with E-state index in [-0.39, 0.29) is 6.04 Å². The van der Waals surface area contributed by atoms with Crippen LogP contribution in [0.4, 0.5) is 0 Å². The summed E-state index contributed by atoms with van der Waals surface area (Å²) in [4.78, 5) is 0. The molecule has 1 heterocycles. The number of benzene rings is 1. The molecule has 0 aliphatic carbocycles. The number of nitrogens with one attached hydrogen (secondary N) is 2. The minimum Gasteiger partial charge on any atom is -0.497 e. The average molecular weight is 245 g/mol. The molecule has 1 atom stereocenters. The van der Waals surface area contributed by atoms with Gasteiger partial charge in [0.1, 0.15) is 5.75 Å². The molecule has 1 aromatic carbocycles. The maximum absolute atomic E-state index is 5.23. The summed E-state index contributed by atoms with van der Waals surface area (Å²) < 4.78 is 5.23. The van der Waals surface area contributed by atoms with Crippen molar-refractivity contribution in [3.8, 4) is 5.75 Å². The van der Waals surface area contributed by atoms with Gasteiger partial charge in [0.05, 0.1) is 13.3 Å². The minimum atomic E-state index is 0.273. The van der Waals surface area contributed by atoms with E-state index in [9.17, 15) is 0 Å². The Morgan fingerprint density at radius 3 is 2.94 bits per heavy atom. The highest BCUT2D eigenvalue weighted by molar-refractivity contribution is 5.30. The molecule has 18 heavy (non-hydrogen) atoms. The third-order valence-electron chi connectivity index (χ3n) is 3.13. The maximum atomic E-state index is 5.23. The molecule has 0 fully saturated rings. The Morgan fingerprint density at radius 2 is 2.28 bits per heavy atom. The number of H-pyrrole nitrogens is 1. The fourth-order valence-corrected chi connectivity index (χ4v) is 1.85. The van der Waals surface area contributed by atoms with Crippen LogP contribution in [0.25, 0.3) is 0 Å². The van der Waals surface area contributed by atoms with Crippen LogP contribution in [0.3, 0.4) is 0 Å². The van der Waals surface area contributed by atoms with Crippen LogP contribution in [0, 0.1) is 6.92 Å². The van der Waals surface area contributed by atoms with Gasteiger partial charge >= 0.3 is 0 Å². The molecule has 4 nitrogen and oxygen atoms in total. The highest BCUT2D eigenvalue weighted by Crippen LogP contribution is 2.19. The fraction of sp³-hybridized carbons (Fsp3) is 0.357. The van der Waals surface area contributed by atoms with Gasteiger partial charge in [0.25, 0.3) is 0 Å². The van der Waals surface area contributed by atoms with Gasteiger partial charge in [-0.25, -0.2) is 0 Å². The van der Waals surface area contributed by atoms with Crippen LogP contribution < -0.4 is 10.1 Å². The third kappa shape index (κ3) is 2.90. The van der Waals surface area contributed by atoms with Crippen LogP contribution in [-0.4, -0.2) is 17.3 Å². The van der Waals surface area contributed by atoms with E-state index in [4.69, 9.17) is 4.74 Å². The summed E-state index contributed by atoms with van der Waals surface area (Å²) in [7, 11) is 1.69. The van der Waals surface area contributed by atoms with Gasteiger partial charge in [0, 0.05) is 23.8 Å². The van der Waals surface area contributed by atoms with Gasteiger partial charge < -0.3 is 10.1 Å². The van der Waals surface area contributed by atoms with Gasteiger partial charge in [-0.2, -0.15) is 5.10 Å². The van der Waals surface area contributed by atoms with Gasteiger partial charge in [-0.05, 0) is 31.5 Å². The predicted octanol–water partition coefficient (Wildman–Crippen LogP) is 2.58. The van der Waals surface area contributed by atoms with Crippen molar-refractivity contribution in [3.05, 3.63) is 47.3 Å². The van der Waals surface area contributed by atoms with Crippen LogP contribution >= 0.6 is 0 Å². The van der Waals surface area contributed by atoms with Crippen molar-refractivity contribution >= 4 is 0 Å². The zero-order valence-corrected chi connectivity index (χ0v) is 11.0. The molecule has 96 valence electrons. The number of aromatic nitrogens is 2. The molecule has 1 aromatic heterocycles. The molecule has 0 aliphatic heterocycles. The normalized spacial score (nSPS) is 12.4. The molecule has 2 aromatic rings. The summed E-state index contributed by atoms with van der Waals surface area (Å²) in [5, 5.41) is 10.4. The summed E-state index contributed by atoms with van der Waals surface area (Å²) >= 11 is 0. The van der Waals surface area contributed by atoms with Gasteiger partial charge in [-0.15, -0.1) is 0 Å². The molecule has 2 rings (SSSR count). The summed E-state index contributed by atoms with van der Waals surface area (Å²) in [5.41, 5.74) is 3.53. The van der Waals surface area contributed by atoms with Crippen molar-refractivity contribution in [2.45, 2.75) is 26.4 Å². The predicted molar refractivity (Wildman–Crippen MR) is 71.6 cm³/mol. The molecule has 0 saturated heterocycles. The van der Waals surface area contributed by atoms with E-state index >= 15 is 0 Å². The Labute approximate surface area is 107 Å². The number of nitrogens with zero attached hydrogens (tertiary/aromatic N) is 1. The lowest BCUT2D eigenvalue weighted by molar-refractivity contribution is 0.413. The third-order valence-corrected chi connectivity index (χ3v) is 3.13. The van der Waals surface area contributed by atoms with Crippen molar-refractivity contribution in [1.82, 2.24) is 15.5 Å². The van der Waals surface area contributed by atoms with Crippen molar-refractivity contribution < 1.29 is 4.74 Å². The molecule has 0 radical (unpaired) electrons. The molecule has 0 spiro atoms. The van der Waals surface area contributed by atoms with E-state index in [0.29, 0.717) is 0 Å². The monoisotopic (exact) mass is 245 g/mol. The van der Waals surface area contributed by atoms with E-state index in [2.05, 4.69) is 34.6 Å². The van der Waals surface area contributed by atoms with Crippen molar-refractivity contribution in [1.29, 1.82) is 0 Å². The minimum absolute atomic E-state index is 0.273. The largest absolute Gasteiger partial charge is 0.497 e. The van der Waals surface area contributed by atoms with E-state index < -0.39 is 0 Å². The Morgan fingerprint density at radius 1 is 1.44 bits per heavy atom. The summed E-state index contributed by atoms with van der Waals surface area (Å²) in [5.74, 6) is 0.889. The lowest BCUT2D eigenvalue weighted by Crippen LogP contribution is -2.18. The molecule has 2 N–H and O–H groups in total. The van der Waals surface area contributed by atoms with Gasteiger partial charge in [0.15, 0.2) is 0 Å². The standard InChI is InChI=1S/C14H19N3O/c1-10(12-5-4-6-14(7-12)18-3)15-8-13-9-16-17-11(13)2/h4-7,9-10,15H,8H2,1-3H3,(H,16,17)/t10-/m0/s1. The first-order valence-electron chi connectivity index (χ1n) is 6.07. The van der Waals surface area contributed by atoms with Gasteiger partial charge in [-0.3, -0.25) is 5.10 Å². The van der Waals surface area contributed by atoms with Gasteiger partial charge in [0.2, 0.25) is 0 Å². The number of hydrogen-bond donors (Lipinski definition) is 2. The zero-order valence-electron chi connectivity index (χ0n) is 11.0. The van der Waals surface area contributed by atoms with E-state index in [1.807, 2.05) is 25.3 Å². The average Bonchev–Trinajstić information content (AvgIpc) is 2.81. The van der Waals surface area contributed by atoms with Crippen LogP contribution in [-0.2, 0) is 6.54 Å². The van der Waals surface area contributed by atoms with Crippen molar-refractivity contribution in [3.63, 3.8) is 0 Å². The lowest BCUT2D eigenvalue weighted by Gasteiger charge is -2.14. The van der Waals surface area contributed by atoms with E-state index in [0.717, 1.165) is 18.0 Å². The first-order chi connectivity index (χ1) is 8.70. The van der Waals surface area contributed by atoms with Crippen LogP contribution in [0.2, 0.25) is 0 Å². The van der Waals surface area contributed by atoms with Crippen LogP contribution in [0.5, 0.6) is 5.75 Å². The molecule has 4 heteroatoms. The Hall–Kier alpha value is -1.81. The first-order valence-corrected chi connectivity index (χ1v) is 6.07. The second-order valence-electron chi connectivity index (χ2n) is 4.40. The number of methoxy groups -OCH3 is 1. The van der Waals surface area contributed by atoms with Crippen LogP contribution in [0.15, 0.2) is 30.5 Å². The molecule has 0 amide bonds. The quantitative estimate of drug-likeness (QED) is 0.851. The molecule has 0 aliphatic rings. The summed E-state index contributed by atoms with van der Waals surface area (Å²) in [6, 6.07) is 8.39. The molecule has 0 bridgehead atoms. The van der Waals surface area contributed by atoms with Crippen LogP contribution in [0.1, 0.15) is 29.8 Å². The molecular formula is C14H19N3O. The molecule has 0 saturated carbocycles. The Kier molecular flexibility index (Phi) is 3.99. The number of ether oxygens (including phenoxy) is 1. The molecule has 0 unspecified atom stereocenters. The highest BCUT2D eigenvalue weighted by atomic mass is 16.5. The SMILES string of the molecule is COc1cccc([C@H](C)NCc2cn[nH]c2C)c1.